The van der Waals surface area contributed by atoms with E-state index in [1.54, 1.807) is 0 Å². The van der Waals surface area contributed by atoms with Crippen LogP contribution in [0.25, 0.3) is 115 Å². The van der Waals surface area contributed by atoms with Gasteiger partial charge in [0.25, 0.3) is 0 Å². The Balaban J connectivity index is 1.01. The lowest BCUT2D eigenvalue weighted by Crippen LogP contribution is -1.95. The zero-order valence-electron chi connectivity index (χ0n) is 30.9. The lowest BCUT2D eigenvalue weighted by Gasteiger charge is -2.11. The van der Waals surface area contributed by atoms with E-state index in [-0.39, 0.29) is 0 Å². The Morgan fingerprint density at radius 2 is 0.702 bits per heavy atom. The standard InChI is InChI=1S/C54H33N3/c1-3-13-34(14-4-1)37-30-46-42-19-9-12-22-50(42)57-53-32-36(23-26-43(53)47(31-37)54(46)57)35-24-27-51-44(29-35)40-17-7-11-21-49(40)56(51)39-25-28-52-45(33-39)41-18-8-10-20-48(41)55(52)38-15-5-2-6-16-38/h1-33H. The minimum atomic E-state index is 1.16. The normalized spacial score (nSPS) is 12.2. The van der Waals surface area contributed by atoms with Crippen LogP contribution >= 0.6 is 0 Å². The summed E-state index contributed by atoms with van der Waals surface area (Å²) in [6.07, 6.45) is 0. The van der Waals surface area contributed by atoms with Crippen LogP contribution in [-0.4, -0.2) is 13.5 Å². The highest BCUT2D eigenvalue weighted by atomic mass is 15.0. The highest BCUT2D eigenvalue weighted by molar-refractivity contribution is 6.25. The van der Waals surface area contributed by atoms with E-state index in [1.807, 2.05) is 0 Å². The smallest absolute Gasteiger partial charge is 0.0620 e. The van der Waals surface area contributed by atoms with E-state index in [4.69, 9.17) is 0 Å². The number of para-hydroxylation sites is 4. The second kappa shape index (κ2) is 11.5. The first-order valence-electron chi connectivity index (χ1n) is 19.7. The molecule has 0 atom stereocenters. The van der Waals surface area contributed by atoms with Crippen molar-refractivity contribution in [2.75, 3.05) is 0 Å². The molecule has 13 aromatic rings. The van der Waals surface area contributed by atoms with Crippen molar-refractivity contribution in [3.8, 4) is 33.6 Å². The summed E-state index contributed by atoms with van der Waals surface area (Å²) in [6.45, 7) is 0. The molecule has 9 aromatic carbocycles. The van der Waals surface area contributed by atoms with Crippen molar-refractivity contribution in [2.24, 2.45) is 0 Å². The van der Waals surface area contributed by atoms with Gasteiger partial charge in [0.2, 0.25) is 0 Å². The van der Waals surface area contributed by atoms with Crippen LogP contribution in [0.3, 0.4) is 0 Å². The molecule has 0 unspecified atom stereocenters. The molecular weight excluding hydrogens is 691 g/mol. The average Bonchev–Trinajstić information content (AvgIpc) is 4.00. The minimum absolute atomic E-state index is 1.16. The Kier molecular flexibility index (Phi) is 6.16. The Morgan fingerprint density at radius 3 is 1.40 bits per heavy atom. The monoisotopic (exact) mass is 723 g/mol. The van der Waals surface area contributed by atoms with Gasteiger partial charge in [-0.25, -0.2) is 0 Å². The molecule has 0 radical (unpaired) electrons. The van der Waals surface area contributed by atoms with Crippen molar-refractivity contribution in [3.63, 3.8) is 0 Å². The number of aromatic nitrogens is 3. The average molecular weight is 724 g/mol. The van der Waals surface area contributed by atoms with Crippen molar-refractivity contribution in [3.05, 3.63) is 200 Å². The molecule has 0 saturated carbocycles. The molecule has 3 nitrogen and oxygen atoms in total. The third kappa shape index (κ3) is 4.26. The first-order valence-corrected chi connectivity index (χ1v) is 19.7. The van der Waals surface area contributed by atoms with Gasteiger partial charge in [0, 0.05) is 54.5 Å². The maximum Gasteiger partial charge on any atom is 0.0620 e. The molecule has 0 saturated heterocycles. The fraction of sp³-hybridized carbons (Fsp3) is 0. The van der Waals surface area contributed by atoms with Gasteiger partial charge in [-0.1, -0.05) is 121 Å². The molecule has 3 heteroatoms. The molecule has 57 heavy (non-hydrogen) atoms. The van der Waals surface area contributed by atoms with Gasteiger partial charge >= 0.3 is 0 Å². The van der Waals surface area contributed by atoms with Crippen LogP contribution in [0.2, 0.25) is 0 Å². The number of benzene rings is 9. The van der Waals surface area contributed by atoms with Crippen LogP contribution in [-0.2, 0) is 0 Å². The van der Waals surface area contributed by atoms with Crippen LogP contribution in [0.5, 0.6) is 0 Å². The zero-order valence-corrected chi connectivity index (χ0v) is 30.9. The fourth-order valence-electron chi connectivity index (χ4n) is 9.86. The van der Waals surface area contributed by atoms with Crippen molar-refractivity contribution in [1.29, 1.82) is 0 Å². The Labute approximate surface area is 327 Å². The van der Waals surface area contributed by atoms with Gasteiger partial charge in [0.05, 0.1) is 38.6 Å². The Morgan fingerprint density at radius 1 is 0.228 bits per heavy atom. The molecule has 13 rings (SSSR count). The van der Waals surface area contributed by atoms with Gasteiger partial charge in [0.15, 0.2) is 0 Å². The van der Waals surface area contributed by atoms with E-state index in [2.05, 4.69) is 214 Å². The van der Waals surface area contributed by atoms with Crippen molar-refractivity contribution >= 4 is 81.7 Å². The van der Waals surface area contributed by atoms with Gasteiger partial charge in [0.1, 0.15) is 0 Å². The van der Waals surface area contributed by atoms with Crippen molar-refractivity contribution in [1.82, 2.24) is 13.5 Å². The second-order valence-corrected chi connectivity index (χ2v) is 15.3. The van der Waals surface area contributed by atoms with Crippen LogP contribution in [0.15, 0.2) is 200 Å². The predicted octanol–water partition coefficient (Wildman–Crippen LogP) is 14.4. The largest absolute Gasteiger partial charge is 0.309 e. The molecular formula is C54H33N3. The van der Waals surface area contributed by atoms with Crippen LogP contribution < -0.4 is 0 Å². The maximum atomic E-state index is 2.49. The Bertz CT molecular complexity index is 3730. The predicted molar refractivity (Wildman–Crippen MR) is 241 cm³/mol. The molecule has 0 fully saturated rings. The van der Waals surface area contributed by atoms with Gasteiger partial charge < -0.3 is 13.5 Å². The van der Waals surface area contributed by atoms with E-state index in [0.717, 1.165) is 5.69 Å². The van der Waals surface area contributed by atoms with E-state index in [1.165, 1.54) is 110 Å². The topological polar surface area (TPSA) is 14.3 Å². The SMILES string of the molecule is c1ccc(-c2cc3c4ccccc4n4c5cc(-c6ccc7c(c6)c6ccccc6n7-c6ccc7c(c6)c6ccccc6n7-c6ccccc6)ccc5c(c2)c34)cc1. The summed E-state index contributed by atoms with van der Waals surface area (Å²) in [7, 11) is 0. The van der Waals surface area contributed by atoms with E-state index < -0.39 is 0 Å². The van der Waals surface area contributed by atoms with Gasteiger partial charge in [-0.15, -0.1) is 0 Å². The summed E-state index contributed by atoms with van der Waals surface area (Å²) in [5, 5.41) is 10.2. The van der Waals surface area contributed by atoms with E-state index >= 15 is 0 Å². The number of hydrogen-bond donors (Lipinski definition) is 0. The summed E-state index contributed by atoms with van der Waals surface area (Å²) >= 11 is 0. The second-order valence-electron chi connectivity index (χ2n) is 15.3. The van der Waals surface area contributed by atoms with Crippen molar-refractivity contribution < 1.29 is 0 Å². The molecule has 264 valence electrons. The number of nitrogens with zero attached hydrogens (tertiary/aromatic N) is 3. The lowest BCUT2D eigenvalue weighted by atomic mass is 9.98. The third-order valence-corrected chi connectivity index (χ3v) is 12.3. The molecule has 0 N–H and O–H groups in total. The number of hydrogen-bond acceptors (Lipinski definition) is 0. The number of fused-ring (bicyclic) bond motifs is 12. The van der Waals surface area contributed by atoms with E-state index in [9.17, 15) is 0 Å². The Hall–Kier alpha value is -7.62. The molecule has 0 amide bonds. The summed E-state index contributed by atoms with van der Waals surface area (Å²) in [6, 6.07) is 73.7. The first-order chi connectivity index (χ1) is 28.3. The van der Waals surface area contributed by atoms with E-state index in [0.29, 0.717) is 0 Å². The van der Waals surface area contributed by atoms with Crippen molar-refractivity contribution in [2.45, 2.75) is 0 Å². The summed E-state index contributed by atoms with van der Waals surface area (Å²) in [5.41, 5.74) is 15.8. The fourth-order valence-corrected chi connectivity index (χ4v) is 9.86. The summed E-state index contributed by atoms with van der Waals surface area (Å²) in [5.74, 6) is 0. The molecule has 0 aliphatic carbocycles. The molecule has 0 spiro atoms. The maximum absolute atomic E-state index is 2.49. The van der Waals surface area contributed by atoms with Gasteiger partial charge in [-0.2, -0.15) is 0 Å². The van der Waals surface area contributed by atoms with Crippen LogP contribution in [0.4, 0.5) is 0 Å². The number of rotatable bonds is 4. The van der Waals surface area contributed by atoms with Gasteiger partial charge in [-0.3, -0.25) is 0 Å². The summed E-state index contributed by atoms with van der Waals surface area (Å²) < 4.78 is 7.31. The van der Waals surface area contributed by atoms with Crippen LogP contribution in [0, 0.1) is 0 Å². The highest BCUT2D eigenvalue weighted by Gasteiger charge is 2.21. The van der Waals surface area contributed by atoms with Gasteiger partial charge in [-0.05, 0) is 101 Å². The summed E-state index contributed by atoms with van der Waals surface area (Å²) in [4.78, 5) is 0. The quantitative estimate of drug-likeness (QED) is 0.172. The third-order valence-electron chi connectivity index (χ3n) is 12.3. The molecule has 0 aliphatic rings. The lowest BCUT2D eigenvalue weighted by molar-refractivity contribution is 1.17. The van der Waals surface area contributed by atoms with Crippen LogP contribution in [0.1, 0.15) is 0 Å². The molecule has 4 heterocycles. The molecule has 0 bridgehead atoms. The zero-order chi connectivity index (χ0) is 37.2. The highest BCUT2D eigenvalue weighted by Crippen LogP contribution is 2.44. The molecule has 0 aliphatic heterocycles. The minimum Gasteiger partial charge on any atom is -0.309 e. The molecule has 4 aromatic heterocycles. The first kappa shape index (κ1) is 30.7.